The van der Waals surface area contributed by atoms with Crippen LogP contribution in [-0.2, 0) is 11.2 Å². The lowest BCUT2D eigenvalue weighted by Crippen LogP contribution is -1.95. The van der Waals surface area contributed by atoms with Gasteiger partial charge in [-0.1, -0.05) is 42.2 Å². The Hall–Kier alpha value is -3.48. The van der Waals surface area contributed by atoms with E-state index in [2.05, 4.69) is 22.9 Å². The van der Waals surface area contributed by atoms with E-state index in [1.165, 1.54) is 12.1 Å². The van der Waals surface area contributed by atoms with E-state index in [4.69, 9.17) is 4.74 Å². The van der Waals surface area contributed by atoms with E-state index < -0.39 is 0 Å². The average molecular weight is 381 g/mol. The number of aromatic nitrogens is 1. The molecule has 0 unspecified atom stereocenters. The fraction of sp³-hybridized carbons (Fsp3) is 0.115. The molecule has 0 N–H and O–H groups in total. The Labute approximate surface area is 170 Å². The van der Waals surface area contributed by atoms with Crippen molar-refractivity contribution in [2.75, 3.05) is 13.7 Å². The van der Waals surface area contributed by atoms with Gasteiger partial charge >= 0.3 is 0 Å². The first-order valence-electron chi connectivity index (χ1n) is 9.47. The molecule has 1 aromatic heterocycles. The van der Waals surface area contributed by atoms with Gasteiger partial charge in [0, 0.05) is 30.0 Å². The molecule has 0 saturated carbocycles. The molecule has 0 fully saturated rings. The Kier molecular flexibility index (Phi) is 5.65. The molecule has 142 valence electrons. The maximum Gasteiger partial charge on any atom is 0.123 e. The maximum absolute atomic E-state index is 13.3. The molecule has 0 radical (unpaired) electrons. The first kappa shape index (κ1) is 18.9. The molecule has 0 bridgehead atoms. The second kappa shape index (κ2) is 8.68. The van der Waals surface area contributed by atoms with Crippen molar-refractivity contribution in [3.05, 3.63) is 102 Å². The minimum atomic E-state index is -0.226. The summed E-state index contributed by atoms with van der Waals surface area (Å²) in [5, 5.41) is 1.86. The van der Waals surface area contributed by atoms with E-state index in [0.29, 0.717) is 6.61 Å². The van der Waals surface area contributed by atoms with Gasteiger partial charge in [-0.3, -0.25) is 4.98 Å². The monoisotopic (exact) mass is 381 g/mol. The summed E-state index contributed by atoms with van der Waals surface area (Å²) in [6, 6.07) is 22.7. The molecule has 3 heteroatoms. The number of fused-ring (bicyclic) bond motifs is 1. The largest absolute Gasteiger partial charge is 0.384 e. The predicted molar refractivity (Wildman–Crippen MR) is 115 cm³/mol. The smallest absolute Gasteiger partial charge is 0.123 e. The molecule has 0 amide bonds. The summed E-state index contributed by atoms with van der Waals surface area (Å²) < 4.78 is 18.4. The SMILES string of the molecule is COCCc1ccc(-c2ccc(C#Cc3ccc4cc(F)ccc4c3)cc2)nc1. The van der Waals surface area contributed by atoms with Gasteiger partial charge in [-0.05, 0) is 65.2 Å². The molecule has 1 heterocycles. The Morgan fingerprint density at radius 3 is 2.31 bits per heavy atom. The van der Waals surface area contributed by atoms with Crippen molar-refractivity contribution >= 4 is 10.8 Å². The molecule has 3 aromatic carbocycles. The Bertz CT molecular complexity index is 1190. The van der Waals surface area contributed by atoms with Gasteiger partial charge in [-0.2, -0.15) is 0 Å². The van der Waals surface area contributed by atoms with Gasteiger partial charge in [0.2, 0.25) is 0 Å². The van der Waals surface area contributed by atoms with Crippen LogP contribution < -0.4 is 0 Å². The number of hydrogen-bond donors (Lipinski definition) is 0. The van der Waals surface area contributed by atoms with Gasteiger partial charge in [-0.25, -0.2) is 4.39 Å². The first-order valence-corrected chi connectivity index (χ1v) is 9.47. The highest BCUT2D eigenvalue weighted by atomic mass is 19.1. The highest BCUT2D eigenvalue weighted by Crippen LogP contribution is 2.19. The van der Waals surface area contributed by atoms with Gasteiger partial charge in [0.15, 0.2) is 0 Å². The number of halogens is 1. The topological polar surface area (TPSA) is 22.1 Å². The number of rotatable bonds is 4. The predicted octanol–water partition coefficient (Wildman–Crippen LogP) is 5.63. The molecule has 0 aliphatic carbocycles. The van der Waals surface area contributed by atoms with Gasteiger partial charge in [0.05, 0.1) is 12.3 Å². The zero-order valence-electron chi connectivity index (χ0n) is 16.2. The van der Waals surface area contributed by atoms with Gasteiger partial charge in [0.25, 0.3) is 0 Å². The van der Waals surface area contributed by atoms with Crippen LogP contribution in [0.25, 0.3) is 22.0 Å². The zero-order chi connectivity index (χ0) is 20.1. The van der Waals surface area contributed by atoms with Crippen LogP contribution in [0.5, 0.6) is 0 Å². The van der Waals surface area contributed by atoms with Crippen molar-refractivity contribution < 1.29 is 9.13 Å². The number of nitrogens with zero attached hydrogens (tertiary/aromatic N) is 1. The summed E-state index contributed by atoms with van der Waals surface area (Å²) in [5.41, 5.74) is 5.00. The van der Waals surface area contributed by atoms with Crippen molar-refractivity contribution in [3.8, 4) is 23.1 Å². The van der Waals surface area contributed by atoms with E-state index in [0.717, 1.165) is 45.1 Å². The molecule has 0 aliphatic heterocycles. The highest BCUT2D eigenvalue weighted by molar-refractivity contribution is 5.84. The molecule has 0 saturated heterocycles. The standard InChI is InChI=1S/C26H20FNO/c1-29-15-14-21-7-13-26(28-18-21)22-8-4-19(5-9-22)2-3-20-6-10-24-17-25(27)12-11-23(24)16-20/h4-13,16-18H,14-15H2,1H3. The normalized spacial score (nSPS) is 10.6. The average Bonchev–Trinajstić information content (AvgIpc) is 2.77. The van der Waals surface area contributed by atoms with Crippen molar-refractivity contribution in [2.45, 2.75) is 6.42 Å². The quantitative estimate of drug-likeness (QED) is 0.428. The van der Waals surface area contributed by atoms with Gasteiger partial charge < -0.3 is 4.74 Å². The summed E-state index contributed by atoms with van der Waals surface area (Å²) in [5.74, 6) is 6.15. The Balaban J connectivity index is 1.49. The lowest BCUT2D eigenvalue weighted by atomic mass is 10.1. The van der Waals surface area contributed by atoms with Crippen LogP contribution in [0.1, 0.15) is 16.7 Å². The lowest BCUT2D eigenvalue weighted by molar-refractivity contribution is 0.202. The second-order valence-electron chi connectivity index (χ2n) is 6.83. The van der Waals surface area contributed by atoms with Crippen LogP contribution in [0.15, 0.2) is 79.0 Å². The number of methoxy groups -OCH3 is 1. The molecule has 29 heavy (non-hydrogen) atoms. The van der Waals surface area contributed by atoms with Crippen LogP contribution in [0.2, 0.25) is 0 Å². The fourth-order valence-corrected chi connectivity index (χ4v) is 3.13. The van der Waals surface area contributed by atoms with E-state index in [1.54, 1.807) is 13.2 Å². The fourth-order valence-electron chi connectivity index (χ4n) is 3.13. The van der Waals surface area contributed by atoms with Gasteiger partial charge in [-0.15, -0.1) is 0 Å². The lowest BCUT2D eigenvalue weighted by Gasteiger charge is -2.04. The third-order valence-corrected chi connectivity index (χ3v) is 4.75. The zero-order valence-corrected chi connectivity index (χ0v) is 16.2. The minimum absolute atomic E-state index is 0.226. The number of ether oxygens (including phenoxy) is 1. The number of pyridine rings is 1. The van der Waals surface area contributed by atoms with E-state index in [9.17, 15) is 4.39 Å². The molecular formula is C26H20FNO. The molecule has 0 aliphatic rings. The van der Waals surface area contributed by atoms with Crippen LogP contribution in [0.4, 0.5) is 4.39 Å². The third kappa shape index (κ3) is 4.68. The molecule has 4 aromatic rings. The van der Waals surface area contributed by atoms with Crippen molar-refractivity contribution in [2.24, 2.45) is 0 Å². The highest BCUT2D eigenvalue weighted by Gasteiger charge is 2.01. The summed E-state index contributed by atoms with van der Waals surface area (Å²) >= 11 is 0. The van der Waals surface area contributed by atoms with Gasteiger partial charge in [0.1, 0.15) is 5.82 Å². The summed E-state index contributed by atoms with van der Waals surface area (Å²) in [6.07, 6.45) is 2.76. The summed E-state index contributed by atoms with van der Waals surface area (Å²) in [4.78, 5) is 4.54. The molecular weight excluding hydrogens is 361 g/mol. The molecule has 4 rings (SSSR count). The van der Waals surface area contributed by atoms with Crippen LogP contribution in [0, 0.1) is 17.7 Å². The number of hydrogen-bond acceptors (Lipinski definition) is 2. The first-order chi connectivity index (χ1) is 14.2. The maximum atomic E-state index is 13.3. The van der Waals surface area contributed by atoms with E-state index >= 15 is 0 Å². The summed E-state index contributed by atoms with van der Waals surface area (Å²) in [6.45, 7) is 0.697. The molecule has 0 spiro atoms. The Morgan fingerprint density at radius 1 is 0.828 bits per heavy atom. The van der Waals surface area contributed by atoms with E-state index in [1.807, 2.05) is 54.7 Å². The van der Waals surface area contributed by atoms with Crippen molar-refractivity contribution in [1.82, 2.24) is 4.98 Å². The summed E-state index contributed by atoms with van der Waals surface area (Å²) in [7, 11) is 1.70. The van der Waals surface area contributed by atoms with Crippen molar-refractivity contribution in [1.29, 1.82) is 0 Å². The van der Waals surface area contributed by atoms with Crippen molar-refractivity contribution in [3.63, 3.8) is 0 Å². The third-order valence-electron chi connectivity index (χ3n) is 4.75. The van der Waals surface area contributed by atoms with Crippen LogP contribution >= 0.6 is 0 Å². The van der Waals surface area contributed by atoms with Crippen LogP contribution in [-0.4, -0.2) is 18.7 Å². The number of benzene rings is 3. The minimum Gasteiger partial charge on any atom is -0.384 e. The Morgan fingerprint density at radius 2 is 1.55 bits per heavy atom. The molecule has 0 atom stereocenters. The second-order valence-corrected chi connectivity index (χ2v) is 6.83. The van der Waals surface area contributed by atoms with Crippen LogP contribution in [0.3, 0.4) is 0 Å². The molecule has 2 nitrogen and oxygen atoms in total. The van der Waals surface area contributed by atoms with E-state index in [-0.39, 0.29) is 5.82 Å².